The average molecular weight is 336 g/mol. The summed E-state index contributed by atoms with van der Waals surface area (Å²) in [5, 5.41) is 10.8. The van der Waals surface area contributed by atoms with Crippen molar-refractivity contribution < 1.29 is 18.1 Å². The number of thiophene rings is 1. The average Bonchev–Trinajstić information content (AvgIpc) is 2.94. The van der Waals surface area contributed by atoms with Crippen molar-refractivity contribution in [3.63, 3.8) is 0 Å². The van der Waals surface area contributed by atoms with Crippen LogP contribution in [0.3, 0.4) is 0 Å². The van der Waals surface area contributed by atoms with Gasteiger partial charge in [-0.2, -0.15) is 0 Å². The van der Waals surface area contributed by atoms with E-state index >= 15 is 0 Å². The number of sulfonamides is 1. The molecular weight excluding hydrogens is 320 g/mol. The monoisotopic (exact) mass is 336 g/mol. The van der Waals surface area contributed by atoms with Gasteiger partial charge in [0.05, 0.1) is 16.6 Å². The van der Waals surface area contributed by atoms with Crippen LogP contribution in [0.1, 0.15) is 20.3 Å². The van der Waals surface area contributed by atoms with Crippen molar-refractivity contribution in [2.45, 2.75) is 36.1 Å². The molecule has 0 amide bonds. The van der Waals surface area contributed by atoms with Crippen LogP contribution in [-0.4, -0.2) is 31.6 Å². The van der Waals surface area contributed by atoms with E-state index in [1.165, 1.54) is 0 Å². The SMILES string of the molecule is CC1OCCC1(C)NS(=O)(=O)c1cc([N+](=O)[O-])c(NN)s1. The lowest BCUT2D eigenvalue weighted by Gasteiger charge is -2.27. The summed E-state index contributed by atoms with van der Waals surface area (Å²) in [5.74, 6) is 5.18. The second kappa shape index (κ2) is 5.50. The fourth-order valence-electron chi connectivity index (χ4n) is 2.06. The number of hydrogen-bond acceptors (Lipinski definition) is 8. The fraction of sp³-hybridized carbons (Fsp3) is 0.600. The summed E-state index contributed by atoms with van der Waals surface area (Å²) in [4.78, 5) is 10.2. The first kappa shape index (κ1) is 16.1. The maximum absolute atomic E-state index is 12.4. The lowest BCUT2D eigenvalue weighted by molar-refractivity contribution is -0.383. The van der Waals surface area contributed by atoms with Crippen molar-refractivity contribution in [2.24, 2.45) is 5.84 Å². The zero-order valence-corrected chi connectivity index (χ0v) is 13.1. The minimum Gasteiger partial charge on any atom is -0.376 e. The number of nitrogen functional groups attached to an aromatic ring is 1. The molecule has 1 aromatic heterocycles. The first-order chi connectivity index (χ1) is 9.69. The Bertz CT molecular complexity index is 658. The Morgan fingerprint density at radius 2 is 2.29 bits per heavy atom. The Balaban J connectivity index is 2.34. The molecule has 9 nitrogen and oxygen atoms in total. The van der Waals surface area contributed by atoms with Crippen LogP contribution in [0.15, 0.2) is 10.3 Å². The molecule has 2 heterocycles. The van der Waals surface area contributed by atoms with E-state index in [1.807, 2.05) is 0 Å². The van der Waals surface area contributed by atoms with E-state index in [0.717, 1.165) is 6.07 Å². The molecule has 1 aliphatic heterocycles. The van der Waals surface area contributed by atoms with Crippen LogP contribution >= 0.6 is 11.3 Å². The number of nitrogens with two attached hydrogens (primary N) is 1. The Labute approximate surface area is 125 Å². The molecule has 0 aliphatic carbocycles. The molecule has 1 aromatic rings. The molecule has 1 aliphatic rings. The summed E-state index contributed by atoms with van der Waals surface area (Å²) in [6.07, 6.45) is 0.248. The molecule has 0 bridgehead atoms. The Kier molecular flexibility index (Phi) is 4.22. The van der Waals surface area contributed by atoms with E-state index in [-0.39, 0.29) is 21.0 Å². The van der Waals surface area contributed by atoms with Gasteiger partial charge in [0.25, 0.3) is 10.0 Å². The molecule has 0 aromatic carbocycles. The number of ether oxygens (including phenoxy) is 1. The van der Waals surface area contributed by atoms with Crippen molar-refractivity contribution in [3.05, 3.63) is 16.2 Å². The van der Waals surface area contributed by atoms with Gasteiger partial charge in [0.1, 0.15) is 4.21 Å². The predicted octanol–water partition coefficient (Wildman–Crippen LogP) is 0.788. The molecule has 0 spiro atoms. The first-order valence-electron chi connectivity index (χ1n) is 6.10. The third kappa shape index (κ3) is 3.01. The summed E-state index contributed by atoms with van der Waals surface area (Å²) in [6, 6.07) is 0.992. The zero-order chi connectivity index (χ0) is 15.8. The highest BCUT2D eigenvalue weighted by Crippen LogP contribution is 2.37. The zero-order valence-electron chi connectivity index (χ0n) is 11.5. The van der Waals surface area contributed by atoms with E-state index < -0.39 is 20.5 Å². The normalized spacial score (nSPS) is 26.0. The summed E-state index contributed by atoms with van der Waals surface area (Å²) >= 11 is 0.709. The smallest absolute Gasteiger partial charge is 0.306 e. The molecule has 2 unspecified atom stereocenters. The molecule has 4 N–H and O–H groups in total. The lowest BCUT2D eigenvalue weighted by Crippen LogP contribution is -2.50. The second-order valence-corrected chi connectivity index (χ2v) is 7.93. The maximum Gasteiger partial charge on any atom is 0.306 e. The van der Waals surface area contributed by atoms with Gasteiger partial charge in [-0.05, 0) is 20.3 Å². The summed E-state index contributed by atoms with van der Waals surface area (Å²) in [6.45, 7) is 3.98. The maximum atomic E-state index is 12.4. The third-order valence-electron chi connectivity index (χ3n) is 3.54. The van der Waals surface area contributed by atoms with Gasteiger partial charge < -0.3 is 10.2 Å². The van der Waals surface area contributed by atoms with Crippen molar-refractivity contribution in [2.75, 3.05) is 12.0 Å². The van der Waals surface area contributed by atoms with Crippen molar-refractivity contribution >= 4 is 32.0 Å². The molecular formula is C10H16N4O5S2. The quantitative estimate of drug-likeness (QED) is 0.410. The van der Waals surface area contributed by atoms with Crippen LogP contribution < -0.4 is 16.0 Å². The summed E-state index contributed by atoms with van der Waals surface area (Å²) < 4.78 is 32.6. The molecule has 2 rings (SSSR count). The number of hydrazine groups is 1. The minimum absolute atomic E-state index is 0.0127. The predicted molar refractivity (Wildman–Crippen MR) is 77.5 cm³/mol. The molecule has 11 heteroatoms. The van der Waals surface area contributed by atoms with Crippen LogP contribution in [0.25, 0.3) is 0 Å². The van der Waals surface area contributed by atoms with Crippen LogP contribution in [-0.2, 0) is 14.8 Å². The Morgan fingerprint density at radius 1 is 1.62 bits per heavy atom. The molecule has 0 saturated carbocycles. The van der Waals surface area contributed by atoms with Crippen LogP contribution in [0, 0.1) is 10.1 Å². The molecule has 118 valence electrons. The van der Waals surface area contributed by atoms with Gasteiger partial charge >= 0.3 is 5.69 Å². The topological polar surface area (TPSA) is 137 Å². The number of hydrogen-bond donors (Lipinski definition) is 3. The van der Waals surface area contributed by atoms with E-state index in [0.29, 0.717) is 24.4 Å². The van der Waals surface area contributed by atoms with E-state index in [9.17, 15) is 18.5 Å². The summed E-state index contributed by atoms with van der Waals surface area (Å²) in [5.41, 5.74) is 1.03. The highest BCUT2D eigenvalue weighted by molar-refractivity contribution is 7.91. The number of nitrogens with zero attached hydrogens (tertiary/aromatic N) is 1. The third-order valence-corrected chi connectivity index (χ3v) is 6.68. The van der Waals surface area contributed by atoms with Crippen molar-refractivity contribution in [3.8, 4) is 0 Å². The minimum atomic E-state index is -3.89. The number of nitrogens with one attached hydrogen (secondary N) is 2. The lowest BCUT2D eigenvalue weighted by atomic mass is 9.97. The van der Waals surface area contributed by atoms with Crippen LogP contribution in [0.5, 0.6) is 0 Å². The van der Waals surface area contributed by atoms with Crippen molar-refractivity contribution in [1.82, 2.24) is 4.72 Å². The number of nitro groups is 1. The van der Waals surface area contributed by atoms with E-state index in [2.05, 4.69) is 10.1 Å². The van der Waals surface area contributed by atoms with Gasteiger partial charge in [-0.25, -0.2) is 19.0 Å². The highest BCUT2D eigenvalue weighted by Gasteiger charge is 2.41. The second-order valence-electron chi connectivity index (χ2n) is 4.97. The van der Waals surface area contributed by atoms with Gasteiger partial charge in [-0.15, -0.1) is 0 Å². The first-order valence-corrected chi connectivity index (χ1v) is 8.40. The molecule has 0 radical (unpaired) electrons. The molecule has 1 saturated heterocycles. The van der Waals surface area contributed by atoms with Gasteiger partial charge in [-0.3, -0.25) is 10.1 Å². The Morgan fingerprint density at radius 3 is 2.71 bits per heavy atom. The van der Waals surface area contributed by atoms with Gasteiger partial charge in [0.2, 0.25) is 0 Å². The van der Waals surface area contributed by atoms with Gasteiger partial charge in [0.15, 0.2) is 5.00 Å². The largest absolute Gasteiger partial charge is 0.376 e. The highest BCUT2D eigenvalue weighted by atomic mass is 32.2. The molecule has 21 heavy (non-hydrogen) atoms. The van der Waals surface area contributed by atoms with Crippen molar-refractivity contribution in [1.29, 1.82) is 0 Å². The fourth-order valence-corrected chi connectivity index (χ4v) is 4.79. The van der Waals surface area contributed by atoms with E-state index in [1.54, 1.807) is 13.8 Å². The van der Waals surface area contributed by atoms with Crippen LogP contribution in [0.4, 0.5) is 10.7 Å². The van der Waals surface area contributed by atoms with Gasteiger partial charge in [0, 0.05) is 12.7 Å². The van der Waals surface area contributed by atoms with Gasteiger partial charge in [-0.1, -0.05) is 11.3 Å². The Hall–Kier alpha value is -1.27. The molecule has 1 fully saturated rings. The number of anilines is 1. The van der Waals surface area contributed by atoms with E-state index in [4.69, 9.17) is 10.6 Å². The van der Waals surface area contributed by atoms with Crippen LogP contribution in [0.2, 0.25) is 0 Å². The standard InChI is InChI=1S/C10H16N4O5S2/c1-6-10(2,3-4-19-6)13-21(17,18)8-5-7(14(15)16)9(12-11)20-8/h5-6,12-13H,3-4,11H2,1-2H3. The number of rotatable bonds is 5. The molecule has 2 atom stereocenters. The summed E-state index contributed by atoms with van der Waals surface area (Å²) in [7, 11) is -3.89.